The van der Waals surface area contributed by atoms with Crippen LogP contribution >= 0.6 is 11.6 Å². The monoisotopic (exact) mass is 550 g/mol. The molecule has 0 saturated carbocycles. The highest BCUT2D eigenvalue weighted by molar-refractivity contribution is 6.33. The van der Waals surface area contributed by atoms with E-state index in [0.29, 0.717) is 35.8 Å². The Balaban J connectivity index is 1.48. The third-order valence-corrected chi connectivity index (χ3v) is 6.85. The Kier molecular flexibility index (Phi) is 7.49. The first-order chi connectivity index (χ1) is 18.2. The van der Waals surface area contributed by atoms with Crippen LogP contribution in [-0.4, -0.2) is 58.0 Å². The number of carbonyl (C=O) groups excluding carboxylic acids is 1. The van der Waals surface area contributed by atoms with Gasteiger partial charge in [0.2, 0.25) is 5.91 Å². The number of aryl methyl sites for hydroxylation is 1. The van der Waals surface area contributed by atoms with Crippen LogP contribution in [0.1, 0.15) is 29.7 Å². The number of aromatic nitrogens is 3. The van der Waals surface area contributed by atoms with Gasteiger partial charge < -0.3 is 19.1 Å². The second kappa shape index (κ2) is 10.8. The van der Waals surface area contributed by atoms with Crippen LogP contribution in [0.3, 0.4) is 0 Å². The fourth-order valence-electron chi connectivity index (χ4n) is 4.50. The van der Waals surface area contributed by atoms with E-state index in [-0.39, 0.29) is 49.0 Å². The third kappa shape index (κ3) is 5.73. The molecule has 38 heavy (non-hydrogen) atoms. The zero-order chi connectivity index (χ0) is 26.9. The number of carbonyl (C=O) groups is 1. The van der Waals surface area contributed by atoms with E-state index in [2.05, 4.69) is 10.1 Å². The first kappa shape index (κ1) is 26.3. The first-order valence-corrected chi connectivity index (χ1v) is 12.6. The van der Waals surface area contributed by atoms with Crippen molar-refractivity contribution in [1.82, 2.24) is 19.7 Å². The van der Waals surface area contributed by atoms with Crippen molar-refractivity contribution in [1.29, 1.82) is 0 Å². The number of ether oxygens (including phenoxy) is 3. The van der Waals surface area contributed by atoms with Gasteiger partial charge in [-0.3, -0.25) is 14.5 Å². The normalized spacial score (nSPS) is 17.6. The molecule has 4 heterocycles. The van der Waals surface area contributed by atoms with E-state index in [0.717, 1.165) is 30.8 Å². The molecule has 0 aliphatic carbocycles. The van der Waals surface area contributed by atoms with Gasteiger partial charge >= 0.3 is 6.18 Å². The average molecular weight is 551 g/mol. The number of halogens is 4. The lowest BCUT2D eigenvalue weighted by Crippen LogP contribution is -2.35. The van der Waals surface area contributed by atoms with E-state index in [1.165, 1.54) is 0 Å². The Labute approximate surface area is 222 Å². The summed E-state index contributed by atoms with van der Waals surface area (Å²) in [5, 5.41) is 4.03. The van der Waals surface area contributed by atoms with Crippen LogP contribution in [0.4, 0.5) is 13.2 Å². The van der Waals surface area contributed by atoms with Crippen LogP contribution in [0, 0.1) is 6.92 Å². The number of pyridine rings is 1. The molecule has 0 N–H and O–H groups in total. The Hall–Kier alpha value is -3.31. The summed E-state index contributed by atoms with van der Waals surface area (Å²) in [4.78, 5) is 18.8. The number of rotatable bonds is 6. The molecule has 0 bridgehead atoms. The second-order valence-corrected chi connectivity index (χ2v) is 9.66. The topological polar surface area (TPSA) is 78.7 Å². The van der Waals surface area contributed by atoms with Crippen LogP contribution in [0.15, 0.2) is 36.7 Å². The molecule has 1 amide bonds. The summed E-state index contributed by atoms with van der Waals surface area (Å²) in [5.74, 6) is 0.717. The molecular formula is C26H26ClF3N4O4. The molecule has 12 heteroatoms. The van der Waals surface area contributed by atoms with Crippen molar-refractivity contribution in [3.05, 3.63) is 58.5 Å². The summed E-state index contributed by atoms with van der Waals surface area (Å²) in [6.07, 6.45) is -0.444. The highest BCUT2D eigenvalue weighted by atomic mass is 35.5. The molecule has 0 spiro atoms. The van der Waals surface area contributed by atoms with Crippen LogP contribution in [0.2, 0.25) is 5.02 Å². The Morgan fingerprint density at radius 2 is 2.11 bits per heavy atom. The minimum Gasteiger partial charge on any atom is -0.487 e. The Morgan fingerprint density at radius 1 is 1.26 bits per heavy atom. The lowest BCUT2D eigenvalue weighted by Gasteiger charge is -2.21. The molecule has 2 aromatic heterocycles. The fraction of sp³-hybridized carbons (Fsp3) is 0.423. The van der Waals surface area contributed by atoms with E-state index in [1.807, 2.05) is 13.0 Å². The summed E-state index contributed by atoms with van der Waals surface area (Å²) in [7, 11) is 0. The molecule has 202 valence electrons. The SMILES string of the molecule is Cc1ccnn1CC(=O)N1CCOc2c(cc(-c3ncc(C(F)(F)F)cc3Cl)cc2OCC2CCCO2)C1. The van der Waals surface area contributed by atoms with E-state index >= 15 is 0 Å². The van der Waals surface area contributed by atoms with Crippen LogP contribution in [0.5, 0.6) is 11.5 Å². The Morgan fingerprint density at radius 3 is 2.79 bits per heavy atom. The zero-order valence-electron chi connectivity index (χ0n) is 20.6. The smallest absolute Gasteiger partial charge is 0.417 e. The maximum absolute atomic E-state index is 13.2. The maximum Gasteiger partial charge on any atom is 0.417 e. The van der Waals surface area contributed by atoms with Crippen molar-refractivity contribution >= 4 is 17.5 Å². The van der Waals surface area contributed by atoms with Crippen molar-refractivity contribution in [2.75, 3.05) is 26.4 Å². The maximum atomic E-state index is 13.2. The van der Waals surface area contributed by atoms with Gasteiger partial charge in [-0.1, -0.05) is 11.6 Å². The van der Waals surface area contributed by atoms with Crippen molar-refractivity contribution < 1.29 is 32.2 Å². The molecule has 0 radical (unpaired) electrons. The standard InChI is InChI=1S/C26H26ClF3N4O4/c1-16-4-5-32-34(16)14-23(35)33-6-8-37-25-18(13-33)9-17(10-22(25)38-15-20-3-2-7-36-20)24-21(27)11-19(12-31-24)26(28,29)30/h4-5,9-12,20H,2-3,6-8,13-15H2,1H3. The van der Waals surface area contributed by atoms with Gasteiger partial charge in [0.1, 0.15) is 19.8 Å². The van der Waals surface area contributed by atoms with E-state index < -0.39 is 11.7 Å². The molecule has 3 aromatic rings. The quantitative estimate of drug-likeness (QED) is 0.434. The number of amides is 1. The summed E-state index contributed by atoms with van der Waals surface area (Å²) in [6, 6.07) is 6.04. The van der Waals surface area contributed by atoms with Crippen molar-refractivity contribution in [3.63, 3.8) is 0 Å². The minimum absolute atomic E-state index is 0.0664. The van der Waals surface area contributed by atoms with Gasteiger partial charge in [-0.2, -0.15) is 18.3 Å². The Bertz CT molecular complexity index is 1320. The predicted molar refractivity (Wildman–Crippen MR) is 132 cm³/mol. The summed E-state index contributed by atoms with van der Waals surface area (Å²) in [6.45, 7) is 3.68. The first-order valence-electron chi connectivity index (χ1n) is 12.2. The molecule has 1 unspecified atom stereocenters. The highest BCUT2D eigenvalue weighted by Crippen LogP contribution is 2.41. The molecule has 1 fully saturated rings. The predicted octanol–water partition coefficient (Wildman–Crippen LogP) is 4.90. The van der Waals surface area contributed by atoms with Gasteiger partial charge in [0, 0.05) is 42.4 Å². The largest absolute Gasteiger partial charge is 0.487 e. The van der Waals surface area contributed by atoms with Crippen LogP contribution < -0.4 is 9.47 Å². The summed E-state index contributed by atoms with van der Waals surface area (Å²) in [5.41, 5.74) is 1.17. The van der Waals surface area contributed by atoms with Crippen LogP contribution in [0.25, 0.3) is 11.3 Å². The second-order valence-electron chi connectivity index (χ2n) is 9.25. The van der Waals surface area contributed by atoms with Gasteiger partial charge in [0.05, 0.1) is 28.9 Å². The number of benzene rings is 1. The zero-order valence-corrected chi connectivity index (χ0v) is 21.4. The van der Waals surface area contributed by atoms with Crippen LogP contribution in [-0.2, 0) is 28.8 Å². The lowest BCUT2D eigenvalue weighted by molar-refractivity contribution is -0.137. The fourth-order valence-corrected chi connectivity index (χ4v) is 4.77. The van der Waals surface area contributed by atoms with Gasteiger partial charge in [-0.25, -0.2) is 0 Å². The highest BCUT2D eigenvalue weighted by Gasteiger charge is 2.32. The number of alkyl halides is 3. The molecule has 8 nitrogen and oxygen atoms in total. The minimum atomic E-state index is -4.57. The van der Waals surface area contributed by atoms with Gasteiger partial charge in [-0.15, -0.1) is 0 Å². The molecule has 2 aliphatic rings. The lowest BCUT2D eigenvalue weighted by atomic mass is 10.0. The van der Waals surface area contributed by atoms with Crippen molar-refractivity contribution in [2.45, 2.75) is 45.1 Å². The van der Waals surface area contributed by atoms with Crippen molar-refractivity contribution in [2.24, 2.45) is 0 Å². The molecule has 5 rings (SSSR count). The number of hydrogen-bond acceptors (Lipinski definition) is 6. The molecule has 2 aliphatic heterocycles. The third-order valence-electron chi connectivity index (χ3n) is 6.56. The van der Waals surface area contributed by atoms with Crippen molar-refractivity contribution in [3.8, 4) is 22.8 Å². The van der Waals surface area contributed by atoms with E-state index in [9.17, 15) is 18.0 Å². The molecular weight excluding hydrogens is 525 g/mol. The summed E-state index contributed by atoms with van der Waals surface area (Å²) >= 11 is 6.26. The van der Waals surface area contributed by atoms with Gasteiger partial charge in [-0.05, 0) is 44.0 Å². The van der Waals surface area contributed by atoms with Gasteiger partial charge in [0.15, 0.2) is 11.5 Å². The number of fused-ring (bicyclic) bond motifs is 1. The summed E-state index contributed by atoms with van der Waals surface area (Å²) < 4.78 is 58.9. The number of hydrogen-bond donors (Lipinski definition) is 0. The average Bonchev–Trinajstić information content (AvgIpc) is 3.48. The number of nitrogens with zero attached hydrogens (tertiary/aromatic N) is 4. The molecule has 1 saturated heterocycles. The molecule has 1 aromatic carbocycles. The van der Waals surface area contributed by atoms with E-state index in [1.54, 1.807) is 27.9 Å². The van der Waals surface area contributed by atoms with Gasteiger partial charge in [0.25, 0.3) is 0 Å². The molecule has 1 atom stereocenters. The van der Waals surface area contributed by atoms with E-state index in [4.69, 9.17) is 25.8 Å².